The van der Waals surface area contributed by atoms with Crippen molar-refractivity contribution >= 4 is 17.6 Å². The molecule has 1 atom stereocenters. The number of aryl methyl sites for hydroxylation is 1. The third kappa shape index (κ3) is 4.77. The summed E-state index contributed by atoms with van der Waals surface area (Å²) in [6.07, 6.45) is -0.0579. The molecule has 0 fully saturated rings. The van der Waals surface area contributed by atoms with Crippen molar-refractivity contribution in [1.29, 1.82) is 0 Å². The van der Waals surface area contributed by atoms with Gasteiger partial charge in [-0.2, -0.15) is 0 Å². The lowest BCUT2D eigenvalue weighted by atomic mass is 10.0. The molecule has 116 valence electrons. The lowest BCUT2D eigenvalue weighted by molar-refractivity contribution is -0.130. The molecule has 1 rings (SSSR count). The van der Waals surface area contributed by atoms with Crippen molar-refractivity contribution in [3.63, 3.8) is 0 Å². The summed E-state index contributed by atoms with van der Waals surface area (Å²) in [4.78, 5) is 24.0. The van der Waals surface area contributed by atoms with Gasteiger partial charge in [0.25, 0.3) is 5.91 Å². The first-order valence-corrected chi connectivity index (χ1v) is 7.05. The van der Waals surface area contributed by atoms with E-state index in [-0.39, 0.29) is 11.4 Å². The van der Waals surface area contributed by atoms with Gasteiger partial charge in [-0.3, -0.25) is 4.79 Å². The fraction of sp³-hybridized carbons (Fsp3) is 0.500. The summed E-state index contributed by atoms with van der Waals surface area (Å²) in [6, 6.07) is 4.89. The molecule has 0 aliphatic carbocycles. The Morgan fingerprint density at radius 3 is 2.52 bits per heavy atom. The smallest absolute Gasteiger partial charge is 0.338 e. The predicted molar refractivity (Wildman–Crippen MR) is 83.0 cm³/mol. The van der Waals surface area contributed by atoms with Crippen molar-refractivity contribution in [1.82, 2.24) is 5.32 Å². The summed E-state index contributed by atoms with van der Waals surface area (Å²) in [6.45, 7) is 9.19. The number of anilines is 1. The van der Waals surface area contributed by atoms with E-state index in [9.17, 15) is 9.59 Å². The number of benzene rings is 1. The van der Waals surface area contributed by atoms with Gasteiger partial charge in [-0.05, 0) is 57.9 Å². The second-order valence-corrected chi connectivity index (χ2v) is 5.85. The lowest BCUT2D eigenvalue weighted by Crippen LogP contribution is -2.47. The number of carbonyl (C=O) groups excluding carboxylic acids is 2. The number of hydrogen-bond donors (Lipinski definition) is 2. The molecule has 0 spiro atoms. The highest BCUT2D eigenvalue weighted by Gasteiger charge is 2.24. The maximum atomic E-state index is 12.0. The van der Waals surface area contributed by atoms with Crippen LogP contribution in [0.15, 0.2) is 18.2 Å². The van der Waals surface area contributed by atoms with Crippen LogP contribution in [0.4, 0.5) is 5.69 Å². The van der Waals surface area contributed by atoms with Crippen LogP contribution in [0.25, 0.3) is 0 Å². The minimum atomic E-state index is -0.846. The molecule has 0 aliphatic rings. The number of esters is 1. The van der Waals surface area contributed by atoms with Crippen LogP contribution in [0.1, 0.15) is 50.0 Å². The highest BCUT2D eigenvalue weighted by atomic mass is 16.5. The fourth-order valence-electron chi connectivity index (χ4n) is 1.61. The Bertz CT molecular complexity index is 538. The molecule has 21 heavy (non-hydrogen) atoms. The van der Waals surface area contributed by atoms with Crippen LogP contribution >= 0.6 is 0 Å². The van der Waals surface area contributed by atoms with Gasteiger partial charge >= 0.3 is 5.97 Å². The van der Waals surface area contributed by atoms with Gasteiger partial charge in [0.1, 0.15) is 0 Å². The molecule has 1 amide bonds. The third-order valence-corrected chi connectivity index (χ3v) is 3.50. The standard InChI is InChI=1S/C16H24N2O3/c1-6-16(4,5)18-14(19)11(3)21-15(20)12-7-8-13(17)10(2)9-12/h7-9,11H,6,17H2,1-5H3,(H,18,19). The zero-order valence-corrected chi connectivity index (χ0v) is 13.3. The monoisotopic (exact) mass is 292 g/mol. The first kappa shape index (κ1) is 17.0. The summed E-state index contributed by atoms with van der Waals surface area (Å²) in [7, 11) is 0. The number of amides is 1. The Morgan fingerprint density at radius 1 is 1.38 bits per heavy atom. The van der Waals surface area contributed by atoms with Crippen LogP contribution in [-0.4, -0.2) is 23.5 Å². The second kappa shape index (κ2) is 6.61. The maximum absolute atomic E-state index is 12.0. The molecule has 1 unspecified atom stereocenters. The zero-order valence-electron chi connectivity index (χ0n) is 13.3. The van der Waals surface area contributed by atoms with Gasteiger partial charge in [-0.15, -0.1) is 0 Å². The molecule has 0 heterocycles. The minimum absolute atomic E-state index is 0.303. The highest BCUT2D eigenvalue weighted by molar-refractivity contribution is 5.92. The average molecular weight is 292 g/mol. The molecule has 1 aromatic rings. The van der Waals surface area contributed by atoms with Gasteiger partial charge in [0.2, 0.25) is 0 Å². The molecule has 3 N–H and O–H groups in total. The van der Waals surface area contributed by atoms with Crippen molar-refractivity contribution in [2.45, 2.75) is 52.7 Å². The molecular formula is C16H24N2O3. The predicted octanol–water partition coefficient (Wildman–Crippen LogP) is 2.43. The number of carbonyl (C=O) groups is 2. The van der Waals surface area contributed by atoms with E-state index in [2.05, 4.69) is 5.32 Å². The Hall–Kier alpha value is -2.04. The lowest BCUT2D eigenvalue weighted by Gasteiger charge is -2.26. The van der Waals surface area contributed by atoms with Crippen molar-refractivity contribution in [3.05, 3.63) is 29.3 Å². The SMILES string of the molecule is CCC(C)(C)NC(=O)C(C)OC(=O)c1ccc(N)c(C)c1. The maximum Gasteiger partial charge on any atom is 0.338 e. The van der Waals surface area contributed by atoms with E-state index < -0.39 is 12.1 Å². The van der Waals surface area contributed by atoms with E-state index in [0.29, 0.717) is 11.3 Å². The van der Waals surface area contributed by atoms with Gasteiger partial charge in [0, 0.05) is 11.2 Å². The number of nitrogen functional groups attached to an aromatic ring is 1. The van der Waals surface area contributed by atoms with Crippen molar-refractivity contribution < 1.29 is 14.3 Å². The number of nitrogens with two attached hydrogens (primary N) is 1. The van der Waals surface area contributed by atoms with Gasteiger partial charge in [0.15, 0.2) is 6.10 Å². The summed E-state index contributed by atoms with van der Waals surface area (Å²) in [5, 5.41) is 2.85. The normalized spacial score (nSPS) is 12.6. The summed E-state index contributed by atoms with van der Waals surface area (Å²) >= 11 is 0. The molecule has 0 aromatic heterocycles. The topological polar surface area (TPSA) is 81.4 Å². The van der Waals surface area contributed by atoms with Gasteiger partial charge in [-0.1, -0.05) is 6.92 Å². The number of nitrogens with one attached hydrogen (secondary N) is 1. The van der Waals surface area contributed by atoms with Crippen LogP contribution in [0, 0.1) is 6.92 Å². The number of rotatable bonds is 5. The zero-order chi connectivity index (χ0) is 16.2. The molecule has 5 heteroatoms. The average Bonchev–Trinajstić information content (AvgIpc) is 2.41. The quantitative estimate of drug-likeness (QED) is 0.645. The molecule has 0 saturated carbocycles. The summed E-state index contributed by atoms with van der Waals surface area (Å²) in [5.74, 6) is -0.836. The van der Waals surface area contributed by atoms with E-state index in [1.807, 2.05) is 27.7 Å². The largest absolute Gasteiger partial charge is 0.449 e. The van der Waals surface area contributed by atoms with Crippen LogP contribution in [0.5, 0.6) is 0 Å². The number of ether oxygens (including phenoxy) is 1. The van der Waals surface area contributed by atoms with Crippen molar-refractivity contribution in [3.8, 4) is 0 Å². The molecule has 0 aliphatic heterocycles. The Balaban J connectivity index is 2.69. The first-order chi connectivity index (χ1) is 9.66. The molecule has 5 nitrogen and oxygen atoms in total. The van der Waals surface area contributed by atoms with Crippen molar-refractivity contribution in [2.75, 3.05) is 5.73 Å². The molecule has 1 aromatic carbocycles. The Kier molecular flexibility index (Phi) is 5.35. The van der Waals surface area contributed by atoms with Crippen molar-refractivity contribution in [2.24, 2.45) is 0 Å². The van der Waals surface area contributed by atoms with Crippen LogP contribution < -0.4 is 11.1 Å². The van der Waals surface area contributed by atoms with Crippen LogP contribution in [-0.2, 0) is 9.53 Å². The van der Waals surface area contributed by atoms with Gasteiger partial charge in [0.05, 0.1) is 5.56 Å². The molecule has 0 radical (unpaired) electrons. The fourth-order valence-corrected chi connectivity index (χ4v) is 1.61. The molecular weight excluding hydrogens is 268 g/mol. The van der Waals surface area contributed by atoms with E-state index in [0.717, 1.165) is 12.0 Å². The van der Waals surface area contributed by atoms with Gasteiger partial charge in [-0.25, -0.2) is 4.79 Å². The molecule has 0 bridgehead atoms. The van der Waals surface area contributed by atoms with Crippen LogP contribution in [0.2, 0.25) is 0 Å². The third-order valence-electron chi connectivity index (χ3n) is 3.50. The van der Waals surface area contributed by atoms with E-state index >= 15 is 0 Å². The van der Waals surface area contributed by atoms with E-state index in [4.69, 9.17) is 10.5 Å². The minimum Gasteiger partial charge on any atom is -0.449 e. The second-order valence-electron chi connectivity index (χ2n) is 5.85. The Morgan fingerprint density at radius 2 is 2.00 bits per heavy atom. The van der Waals surface area contributed by atoms with Gasteiger partial charge < -0.3 is 15.8 Å². The first-order valence-electron chi connectivity index (χ1n) is 7.05. The highest BCUT2D eigenvalue weighted by Crippen LogP contribution is 2.14. The summed E-state index contributed by atoms with van der Waals surface area (Å²) < 4.78 is 5.19. The van der Waals surface area contributed by atoms with Crippen LogP contribution in [0.3, 0.4) is 0 Å². The van der Waals surface area contributed by atoms with E-state index in [1.54, 1.807) is 25.1 Å². The Labute approximate surface area is 125 Å². The number of hydrogen-bond acceptors (Lipinski definition) is 4. The van der Waals surface area contributed by atoms with E-state index in [1.165, 1.54) is 0 Å². The summed E-state index contributed by atoms with van der Waals surface area (Å²) in [5.41, 5.74) is 7.18. The molecule has 0 saturated heterocycles.